The maximum Gasteiger partial charge on any atom is 0.262 e. The van der Waals surface area contributed by atoms with Gasteiger partial charge in [0.15, 0.2) is 6.61 Å². The highest BCUT2D eigenvalue weighted by Crippen LogP contribution is 2.21. The van der Waals surface area contributed by atoms with Gasteiger partial charge in [0.1, 0.15) is 5.75 Å². The molecule has 1 unspecified atom stereocenters. The minimum atomic E-state index is -0.355. The summed E-state index contributed by atoms with van der Waals surface area (Å²) < 4.78 is 11.0. The molecule has 1 aliphatic heterocycles. The molecule has 3 rings (SSSR count). The van der Waals surface area contributed by atoms with Crippen molar-refractivity contribution in [3.8, 4) is 5.75 Å². The van der Waals surface area contributed by atoms with Gasteiger partial charge in [-0.2, -0.15) is 0 Å². The van der Waals surface area contributed by atoms with Crippen LogP contribution in [0.5, 0.6) is 5.75 Å². The van der Waals surface area contributed by atoms with Crippen LogP contribution in [0.4, 0.5) is 5.69 Å². The van der Waals surface area contributed by atoms with Gasteiger partial charge in [0.05, 0.1) is 17.4 Å². The zero-order valence-corrected chi connectivity index (χ0v) is 16.4. The van der Waals surface area contributed by atoms with E-state index in [-0.39, 0.29) is 24.5 Å². The Hall–Kier alpha value is -2.57. The number of aryl methyl sites for hydroxylation is 1. The quantitative estimate of drug-likeness (QED) is 0.742. The van der Waals surface area contributed by atoms with E-state index >= 15 is 0 Å². The summed E-state index contributed by atoms with van der Waals surface area (Å²) in [6, 6.07) is 12.1. The highest BCUT2D eigenvalue weighted by molar-refractivity contribution is 6.31. The maximum atomic E-state index is 12.5. The molecule has 148 valence electrons. The summed E-state index contributed by atoms with van der Waals surface area (Å²) in [6.45, 7) is 2.88. The Balaban J connectivity index is 1.56. The summed E-state index contributed by atoms with van der Waals surface area (Å²) >= 11 is 5.98. The minimum Gasteiger partial charge on any atom is -0.484 e. The molecule has 1 atom stereocenters. The zero-order chi connectivity index (χ0) is 19.9. The topological polar surface area (TPSA) is 76.7 Å². The zero-order valence-electron chi connectivity index (χ0n) is 15.7. The number of hydrogen-bond acceptors (Lipinski definition) is 4. The first-order valence-electron chi connectivity index (χ1n) is 9.20. The highest BCUT2D eigenvalue weighted by Gasteiger charge is 2.18. The lowest BCUT2D eigenvalue weighted by molar-refractivity contribution is -0.118. The number of anilines is 1. The molecule has 0 aliphatic carbocycles. The van der Waals surface area contributed by atoms with Crippen molar-refractivity contribution >= 4 is 29.1 Å². The lowest BCUT2D eigenvalue weighted by Crippen LogP contribution is -2.32. The fourth-order valence-corrected chi connectivity index (χ4v) is 3.06. The predicted octanol–water partition coefficient (Wildman–Crippen LogP) is 3.57. The average Bonchev–Trinajstić information content (AvgIpc) is 3.21. The van der Waals surface area contributed by atoms with Crippen LogP contribution in [0, 0.1) is 6.92 Å². The number of ether oxygens (including phenoxy) is 2. The number of carbonyl (C=O) groups is 2. The fourth-order valence-electron chi connectivity index (χ4n) is 2.94. The van der Waals surface area contributed by atoms with Crippen molar-refractivity contribution in [1.82, 2.24) is 5.32 Å². The third-order valence-corrected chi connectivity index (χ3v) is 4.88. The molecule has 2 aromatic carbocycles. The van der Waals surface area contributed by atoms with E-state index in [9.17, 15) is 9.59 Å². The normalized spacial score (nSPS) is 15.9. The summed E-state index contributed by atoms with van der Waals surface area (Å²) in [7, 11) is 0. The number of para-hydroxylation sites is 1. The Kier molecular flexibility index (Phi) is 6.90. The molecule has 0 aromatic heterocycles. The van der Waals surface area contributed by atoms with Crippen LogP contribution < -0.4 is 15.4 Å². The number of rotatable bonds is 7. The average molecular weight is 403 g/mol. The Labute approximate surface area is 169 Å². The number of amides is 2. The molecular weight excluding hydrogens is 380 g/mol. The lowest BCUT2D eigenvalue weighted by Gasteiger charge is -2.14. The van der Waals surface area contributed by atoms with Gasteiger partial charge in [-0.3, -0.25) is 9.59 Å². The van der Waals surface area contributed by atoms with E-state index in [1.165, 1.54) is 0 Å². The molecule has 0 spiro atoms. The van der Waals surface area contributed by atoms with Crippen LogP contribution in [0.2, 0.25) is 5.02 Å². The van der Waals surface area contributed by atoms with E-state index in [0.717, 1.165) is 25.0 Å². The summed E-state index contributed by atoms with van der Waals surface area (Å²) in [4.78, 5) is 24.8. The van der Waals surface area contributed by atoms with Gasteiger partial charge in [-0.05, 0) is 55.7 Å². The van der Waals surface area contributed by atoms with Gasteiger partial charge in [0.2, 0.25) is 0 Å². The third kappa shape index (κ3) is 5.47. The van der Waals surface area contributed by atoms with E-state index in [2.05, 4.69) is 10.6 Å². The molecule has 6 nitrogen and oxygen atoms in total. The first-order chi connectivity index (χ1) is 13.5. The van der Waals surface area contributed by atoms with Crippen LogP contribution in [0.15, 0.2) is 42.5 Å². The van der Waals surface area contributed by atoms with E-state index in [1.54, 1.807) is 42.5 Å². The molecule has 1 fully saturated rings. The van der Waals surface area contributed by atoms with E-state index in [4.69, 9.17) is 21.1 Å². The SMILES string of the molecule is Cc1cc(OCC(=O)Nc2ccccc2C(=O)NCC2CCCO2)ccc1Cl. The number of carbonyl (C=O) groups excluding carboxylic acids is 2. The van der Waals surface area contributed by atoms with Gasteiger partial charge >= 0.3 is 0 Å². The number of benzene rings is 2. The summed E-state index contributed by atoms with van der Waals surface area (Å²) in [6.07, 6.45) is 2.02. The smallest absolute Gasteiger partial charge is 0.262 e. The summed E-state index contributed by atoms with van der Waals surface area (Å²) in [5, 5.41) is 6.24. The second kappa shape index (κ2) is 9.57. The predicted molar refractivity (Wildman–Crippen MR) is 108 cm³/mol. The van der Waals surface area contributed by atoms with E-state index in [1.807, 2.05) is 6.92 Å². The van der Waals surface area contributed by atoms with E-state index < -0.39 is 0 Å². The molecule has 0 saturated carbocycles. The first kappa shape index (κ1) is 20.2. The Bertz CT molecular complexity index is 850. The van der Waals surface area contributed by atoms with Gasteiger partial charge in [-0.25, -0.2) is 0 Å². The maximum absolute atomic E-state index is 12.5. The Morgan fingerprint density at radius 2 is 2.07 bits per heavy atom. The second-order valence-corrected chi connectivity index (χ2v) is 7.05. The molecule has 28 heavy (non-hydrogen) atoms. The van der Waals surface area contributed by atoms with Gasteiger partial charge in [0, 0.05) is 18.2 Å². The van der Waals surface area contributed by atoms with Crippen LogP contribution in [-0.4, -0.2) is 37.7 Å². The minimum absolute atomic E-state index is 0.0573. The first-order valence-corrected chi connectivity index (χ1v) is 9.58. The van der Waals surface area contributed by atoms with Gasteiger partial charge in [0.25, 0.3) is 11.8 Å². The van der Waals surface area contributed by atoms with Gasteiger partial charge in [-0.15, -0.1) is 0 Å². The molecule has 1 heterocycles. The number of halogens is 1. The van der Waals surface area contributed by atoms with Crippen molar-refractivity contribution in [3.05, 3.63) is 58.6 Å². The van der Waals surface area contributed by atoms with Gasteiger partial charge in [-0.1, -0.05) is 23.7 Å². The molecular formula is C21H23ClN2O4. The third-order valence-electron chi connectivity index (χ3n) is 4.46. The number of nitrogens with one attached hydrogen (secondary N) is 2. The largest absolute Gasteiger partial charge is 0.484 e. The standard InChI is InChI=1S/C21H23ClN2O4/c1-14-11-15(8-9-18(14)22)28-13-20(25)24-19-7-3-2-6-17(19)21(26)23-12-16-5-4-10-27-16/h2-3,6-9,11,16H,4-5,10,12-13H2,1H3,(H,23,26)(H,24,25). The van der Waals surface area contributed by atoms with Crippen molar-refractivity contribution in [2.75, 3.05) is 25.1 Å². The Morgan fingerprint density at radius 3 is 2.82 bits per heavy atom. The summed E-state index contributed by atoms with van der Waals surface area (Å²) in [5.41, 5.74) is 1.71. The molecule has 2 amide bonds. The monoisotopic (exact) mass is 402 g/mol. The molecule has 1 aliphatic rings. The van der Waals surface area contributed by atoms with Crippen LogP contribution in [0.25, 0.3) is 0 Å². The lowest BCUT2D eigenvalue weighted by atomic mass is 10.1. The molecule has 2 N–H and O–H groups in total. The molecule has 0 radical (unpaired) electrons. The van der Waals surface area contributed by atoms with Gasteiger partial charge < -0.3 is 20.1 Å². The van der Waals surface area contributed by atoms with Crippen molar-refractivity contribution < 1.29 is 19.1 Å². The van der Waals surface area contributed by atoms with E-state index in [0.29, 0.717) is 28.6 Å². The van der Waals surface area contributed by atoms with Crippen molar-refractivity contribution in [2.45, 2.75) is 25.9 Å². The Morgan fingerprint density at radius 1 is 1.25 bits per heavy atom. The number of hydrogen-bond donors (Lipinski definition) is 2. The van der Waals surface area contributed by atoms with Crippen LogP contribution in [0.3, 0.4) is 0 Å². The van der Waals surface area contributed by atoms with Crippen LogP contribution in [0.1, 0.15) is 28.8 Å². The van der Waals surface area contributed by atoms with Crippen LogP contribution >= 0.6 is 11.6 Å². The highest BCUT2D eigenvalue weighted by atomic mass is 35.5. The molecule has 7 heteroatoms. The second-order valence-electron chi connectivity index (χ2n) is 6.64. The van der Waals surface area contributed by atoms with Crippen molar-refractivity contribution in [1.29, 1.82) is 0 Å². The summed E-state index contributed by atoms with van der Waals surface area (Å²) in [5.74, 6) is -0.0488. The molecule has 2 aromatic rings. The molecule has 0 bridgehead atoms. The molecule has 1 saturated heterocycles. The van der Waals surface area contributed by atoms with Crippen molar-refractivity contribution in [2.24, 2.45) is 0 Å². The van der Waals surface area contributed by atoms with Crippen LogP contribution in [-0.2, 0) is 9.53 Å². The fraction of sp³-hybridized carbons (Fsp3) is 0.333. The van der Waals surface area contributed by atoms with Crippen molar-refractivity contribution in [3.63, 3.8) is 0 Å².